The molecule has 0 radical (unpaired) electrons. The highest BCUT2D eigenvalue weighted by Crippen LogP contribution is 2.30. The van der Waals surface area contributed by atoms with Crippen molar-refractivity contribution in [1.82, 2.24) is 15.3 Å². The Hall–Kier alpha value is -1.20. The molecule has 0 spiro atoms. The summed E-state index contributed by atoms with van der Waals surface area (Å²) in [6, 6.07) is 2.23. The van der Waals surface area contributed by atoms with E-state index in [0.717, 1.165) is 42.6 Å². The van der Waals surface area contributed by atoms with Gasteiger partial charge in [-0.05, 0) is 51.3 Å². The smallest absolute Gasteiger partial charge is 0.140 e. The number of rotatable bonds is 5. The molecule has 1 unspecified atom stereocenters. The predicted molar refractivity (Wildman–Crippen MR) is 90.2 cm³/mol. The van der Waals surface area contributed by atoms with Crippen molar-refractivity contribution in [3.8, 4) is 0 Å². The second kappa shape index (κ2) is 6.71. The Morgan fingerprint density at radius 2 is 2.33 bits per heavy atom. The van der Waals surface area contributed by atoms with Crippen LogP contribution in [0.1, 0.15) is 31.1 Å². The number of thiophene rings is 1. The molecule has 2 aromatic heterocycles. The first kappa shape index (κ1) is 14.7. The average molecular weight is 304 g/mol. The van der Waals surface area contributed by atoms with Crippen LogP contribution in [0.4, 0.5) is 5.82 Å². The van der Waals surface area contributed by atoms with Gasteiger partial charge < -0.3 is 10.2 Å². The van der Waals surface area contributed by atoms with Crippen LogP contribution in [-0.2, 0) is 0 Å². The van der Waals surface area contributed by atoms with Gasteiger partial charge in [0.2, 0.25) is 0 Å². The van der Waals surface area contributed by atoms with Crippen LogP contribution >= 0.6 is 11.3 Å². The molecule has 3 heterocycles. The number of anilines is 1. The highest BCUT2D eigenvalue weighted by atomic mass is 32.1. The van der Waals surface area contributed by atoms with Gasteiger partial charge in [0.25, 0.3) is 0 Å². The maximum absolute atomic E-state index is 4.61. The third-order valence-corrected chi connectivity index (χ3v) is 5.06. The van der Waals surface area contributed by atoms with Crippen molar-refractivity contribution in [2.45, 2.75) is 33.1 Å². The van der Waals surface area contributed by atoms with Gasteiger partial charge in [0.05, 0.1) is 5.39 Å². The molecule has 114 valence electrons. The van der Waals surface area contributed by atoms with Crippen LogP contribution in [0, 0.1) is 12.8 Å². The van der Waals surface area contributed by atoms with Crippen LogP contribution in [0.25, 0.3) is 10.2 Å². The average Bonchev–Trinajstić information content (AvgIpc) is 2.88. The maximum atomic E-state index is 4.61. The van der Waals surface area contributed by atoms with Crippen molar-refractivity contribution in [2.24, 2.45) is 5.92 Å². The lowest BCUT2D eigenvalue weighted by atomic mass is 9.99. The molecule has 0 aliphatic carbocycles. The van der Waals surface area contributed by atoms with Gasteiger partial charge >= 0.3 is 0 Å². The normalized spacial score (nSPS) is 19.0. The zero-order valence-electron chi connectivity index (χ0n) is 12.9. The van der Waals surface area contributed by atoms with Gasteiger partial charge in [-0.15, -0.1) is 11.3 Å². The number of aryl methyl sites for hydroxylation is 1. The predicted octanol–water partition coefficient (Wildman–Crippen LogP) is 3.22. The molecule has 1 fully saturated rings. The highest BCUT2D eigenvalue weighted by Gasteiger charge is 2.19. The second-order valence-electron chi connectivity index (χ2n) is 5.93. The molecule has 1 aliphatic heterocycles. The van der Waals surface area contributed by atoms with Crippen LogP contribution in [0.15, 0.2) is 12.4 Å². The standard InChI is InChI=1S/C16H24N4S/c1-3-7-20(10-13-5-4-6-17-9-13)15-14-8-12(2)21-16(14)19-11-18-15/h8,11,13,17H,3-7,9-10H2,1-2H3. The summed E-state index contributed by atoms with van der Waals surface area (Å²) in [5, 5.41) is 4.74. The van der Waals surface area contributed by atoms with Crippen molar-refractivity contribution in [3.63, 3.8) is 0 Å². The number of aromatic nitrogens is 2. The molecule has 0 bridgehead atoms. The SMILES string of the molecule is CCCN(CC1CCCNC1)c1ncnc2sc(C)cc12. The molecule has 1 aliphatic rings. The quantitative estimate of drug-likeness (QED) is 0.921. The Kier molecular flexibility index (Phi) is 4.70. The summed E-state index contributed by atoms with van der Waals surface area (Å²) in [7, 11) is 0. The van der Waals surface area contributed by atoms with Gasteiger partial charge in [0, 0.05) is 18.0 Å². The van der Waals surface area contributed by atoms with Gasteiger partial charge in [-0.1, -0.05) is 6.92 Å². The molecular formula is C16H24N4S. The summed E-state index contributed by atoms with van der Waals surface area (Å²) >= 11 is 1.76. The Morgan fingerprint density at radius 3 is 3.10 bits per heavy atom. The van der Waals surface area contributed by atoms with Gasteiger partial charge in [-0.25, -0.2) is 9.97 Å². The van der Waals surface area contributed by atoms with Crippen LogP contribution in [0.2, 0.25) is 0 Å². The zero-order valence-corrected chi connectivity index (χ0v) is 13.7. The van der Waals surface area contributed by atoms with E-state index < -0.39 is 0 Å². The third kappa shape index (κ3) is 3.35. The van der Waals surface area contributed by atoms with Crippen molar-refractivity contribution < 1.29 is 0 Å². The first-order chi connectivity index (χ1) is 10.3. The second-order valence-corrected chi connectivity index (χ2v) is 7.17. The lowest BCUT2D eigenvalue weighted by Gasteiger charge is -2.31. The number of hydrogen-bond acceptors (Lipinski definition) is 5. The monoisotopic (exact) mass is 304 g/mol. The minimum atomic E-state index is 0.732. The Bertz CT molecular complexity index is 589. The van der Waals surface area contributed by atoms with Gasteiger partial charge in [-0.2, -0.15) is 0 Å². The summed E-state index contributed by atoms with van der Waals surface area (Å²) in [5.74, 6) is 1.85. The van der Waals surface area contributed by atoms with E-state index in [9.17, 15) is 0 Å². The van der Waals surface area contributed by atoms with E-state index in [-0.39, 0.29) is 0 Å². The molecular weight excluding hydrogens is 280 g/mol. The van der Waals surface area contributed by atoms with E-state index in [1.54, 1.807) is 17.7 Å². The molecule has 1 N–H and O–H groups in total. The summed E-state index contributed by atoms with van der Waals surface area (Å²) in [6.45, 7) is 8.86. The van der Waals surface area contributed by atoms with E-state index in [0.29, 0.717) is 0 Å². The topological polar surface area (TPSA) is 41.0 Å². The third-order valence-electron chi connectivity index (χ3n) is 4.10. The van der Waals surface area contributed by atoms with Crippen LogP contribution in [0.5, 0.6) is 0 Å². The van der Waals surface area contributed by atoms with Crippen molar-refractivity contribution >= 4 is 27.4 Å². The first-order valence-electron chi connectivity index (χ1n) is 7.94. The summed E-state index contributed by atoms with van der Waals surface area (Å²) in [4.78, 5) is 13.9. The molecule has 3 rings (SSSR count). The molecule has 4 nitrogen and oxygen atoms in total. The minimum Gasteiger partial charge on any atom is -0.356 e. The fraction of sp³-hybridized carbons (Fsp3) is 0.625. The van der Waals surface area contributed by atoms with Crippen LogP contribution in [-0.4, -0.2) is 36.1 Å². The Morgan fingerprint density at radius 1 is 1.43 bits per heavy atom. The summed E-state index contributed by atoms with van der Waals surface area (Å²) in [6.07, 6.45) is 5.48. The largest absolute Gasteiger partial charge is 0.356 e. The van der Waals surface area contributed by atoms with Gasteiger partial charge in [0.15, 0.2) is 0 Å². The van der Waals surface area contributed by atoms with E-state index in [2.05, 4.69) is 40.1 Å². The number of fused-ring (bicyclic) bond motifs is 1. The fourth-order valence-corrected chi connectivity index (χ4v) is 4.00. The van der Waals surface area contributed by atoms with Crippen molar-refractivity contribution in [2.75, 3.05) is 31.1 Å². The molecule has 0 saturated carbocycles. The molecule has 5 heteroatoms. The van der Waals surface area contributed by atoms with Crippen molar-refractivity contribution in [3.05, 3.63) is 17.3 Å². The number of nitrogens with zero attached hydrogens (tertiary/aromatic N) is 3. The molecule has 21 heavy (non-hydrogen) atoms. The molecule has 0 aromatic carbocycles. The van der Waals surface area contributed by atoms with Crippen LogP contribution < -0.4 is 10.2 Å². The van der Waals surface area contributed by atoms with E-state index in [1.807, 2.05) is 0 Å². The lowest BCUT2D eigenvalue weighted by Crippen LogP contribution is -2.39. The number of nitrogens with one attached hydrogen (secondary N) is 1. The van der Waals surface area contributed by atoms with Crippen molar-refractivity contribution in [1.29, 1.82) is 0 Å². The zero-order chi connectivity index (χ0) is 14.7. The van der Waals surface area contributed by atoms with Crippen LogP contribution in [0.3, 0.4) is 0 Å². The summed E-state index contributed by atoms with van der Waals surface area (Å²) < 4.78 is 0. The van der Waals surface area contributed by atoms with Gasteiger partial charge in [0.1, 0.15) is 17.0 Å². The number of hydrogen-bond donors (Lipinski definition) is 1. The first-order valence-corrected chi connectivity index (χ1v) is 8.76. The molecule has 0 amide bonds. The molecule has 1 saturated heterocycles. The minimum absolute atomic E-state index is 0.732. The maximum Gasteiger partial charge on any atom is 0.140 e. The Balaban J connectivity index is 1.87. The lowest BCUT2D eigenvalue weighted by molar-refractivity contribution is 0.376. The van der Waals surface area contributed by atoms with E-state index in [4.69, 9.17) is 0 Å². The van der Waals surface area contributed by atoms with Gasteiger partial charge in [-0.3, -0.25) is 0 Å². The number of piperidine rings is 1. The molecule has 1 atom stereocenters. The fourth-order valence-electron chi connectivity index (χ4n) is 3.16. The van der Waals surface area contributed by atoms with E-state index in [1.165, 1.54) is 29.6 Å². The Labute approximate surface area is 130 Å². The highest BCUT2D eigenvalue weighted by molar-refractivity contribution is 7.18. The van der Waals surface area contributed by atoms with E-state index >= 15 is 0 Å². The summed E-state index contributed by atoms with van der Waals surface area (Å²) in [5.41, 5.74) is 0. The molecule has 2 aromatic rings.